The average molecular weight is 936 g/mol. The van der Waals surface area contributed by atoms with Gasteiger partial charge in [0.25, 0.3) is 0 Å². The Morgan fingerprint density at radius 3 is 1.15 bits per heavy atom. The summed E-state index contributed by atoms with van der Waals surface area (Å²) in [5, 5.41) is 3.75. The molecule has 5 nitrogen and oxygen atoms in total. The Bertz CT molecular complexity index is 4130. The first-order chi connectivity index (χ1) is 35.4. The first-order valence-electron chi connectivity index (χ1n) is 23.8. The third-order valence-electron chi connectivity index (χ3n) is 13.6. The van der Waals surface area contributed by atoms with Crippen molar-refractivity contribution in [3.8, 4) is 78.9 Å². The minimum atomic E-state index is -4.80. The Hall–Kier alpha value is -9.40. The summed E-state index contributed by atoms with van der Waals surface area (Å²) in [7, 11) is 0. The van der Waals surface area contributed by atoms with Crippen LogP contribution in [0.15, 0.2) is 243 Å². The Kier molecular flexibility index (Phi) is 10.2. The van der Waals surface area contributed by atoms with Crippen LogP contribution in [-0.4, -0.2) is 24.1 Å². The lowest BCUT2D eigenvalue weighted by Gasteiger charge is -2.24. The van der Waals surface area contributed by atoms with E-state index < -0.39 is 11.7 Å². The van der Waals surface area contributed by atoms with Gasteiger partial charge in [-0.1, -0.05) is 188 Å². The second-order valence-electron chi connectivity index (χ2n) is 17.8. The van der Waals surface area contributed by atoms with Crippen LogP contribution in [0.3, 0.4) is 0 Å². The first kappa shape index (κ1) is 42.7. The number of aromatic nitrogens is 5. The third-order valence-corrected chi connectivity index (χ3v) is 13.6. The highest BCUT2D eigenvalue weighted by Gasteiger charge is 2.38. The highest BCUT2D eigenvalue weighted by Crippen LogP contribution is 2.49. The Morgan fingerprint density at radius 2 is 0.681 bits per heavy atom. The van der Waals surface area contributed by atoms with Gasteiger partial charge in [0.15, 0.2) is 17.5 Å². The summed E-state index contributed by atoms with van der Waals surface area (Å²) in [6.07, 6.45) is -4.80. The molecule has 0 unspecified atom stereocenters. The molecule has 0 spiro atoms. The van der Waals surface area contributed by atoms with Crippen LogP contribution >= 0.6 is 0 Å². The maximum absolute atomic E-state index is 16.5. The predicted molar refractivity (Wildman–Crippen MR) is 286 cm³/mol. The zero-order valence-corrected chi connectivity index (χ0v) is 38.5. The van der Waals surface area contributed by atoms with Gasteiger partial charge in [-0.2, -0.15) is 13.2 Å². The molecule has 0 amide bonds. The summed E-state index contributed by atoms with van der Waals surface area (Å²) < 4.78 is 53.5. The number of halogens is 3. The van der Waals surface area contributed by atoms with Crippen LogP contribution in [0.2, 0.25) is 0 Å². The van der Waals surface area contributed by atoms with Gasteiger partial charge in [0.2, 0.25) is 0 Å². The largest absolute Gasteiger partial charge is 0.417 e. The molecular formula is C64H40F3N5. The van der Waals surface area contributed by atoms with Gasteiger partial charge in [0, 0.05) is 49.4 Å². The zero-order chi connectivity index (χ0) is 48.3. The standard InChI is InChI=1S/C64H40F3N5/c65-64(66,67)52-30-18-34-58(72-54-32-16-14-28-48(54)51-40-46(36-38-56(51)72)42-21-7-2-8-22-42)60(52)59-49(63-69-61(43-23-9-3-10-24-43)68-62(70-63)44-25-11-4-12-26-44)29-17-33-57(59)71-53-31-15-13-27-47(53)50-39-45(35-37-55(50)71)41-19-5-1-6-20-41/h1-40H. The number of benzene rings is 10. The van der Waals surface area contributed by atoms with Crippen molar-refractivity contribution in [2.45, 2.75) is 6.18 Å². The van der Waals surface area contributed by atoms with Crippen molar-refractivity contribution in [2.75, 3.05) is 0 Å². The van der Waals surface area contributed by atoms with Gasteiger partial charge >= 0.3 is 6.18 Å². The molecule has 0 bridgehead atoms. The van der Waals surface area contributed by atoms with E-state index >= 15 is 13.2 Å². The van der Waals surface area contributed by atoms with E-state index in [9.17, 15) is 0 Å². The smallest absolute Gasteiger partial charge is 0.309 e. The maximum Gasteiger partial charge on any atom is 0.417 e. The third kappa shape index (κ3) is 7.23. The van der Waals surface area contributed by atoms with Crippen LogP contribution in [0, 0.1) is 0 Å². The molecule has 8 heteroatoms. The van der Waals surface area contributed by atoms with E-state index in [1.807, 2.05) is 174 Å². The minimum absolute atomic E-state index is 0.0137. The van der Waals surface area contributed by atoms with Gasteiger partial charge in [-0.05, 0) is 76.9 Å². The van der Waals surface area contributed by atoms with Crippen LogP contribution in [-0.2, 0) is 6.18 Å². The van der Waals surface area contributed by atoms with Crippen molar-refractivity contribution < 1.29 is 13.2 Å². The summed E-state index contributed by atoms with van der Waals surface area (Å²) in [6, 6.07) is 78.2. The fraction of sp³-hybridized carbons (Fsp3) is 0.0156. The fourth-order valence-electron chi connectivity index (χ4n) is 10.4. The molecule has 10 aromatic carbocycles. The van der Waals surface area contributed by atoms with E-state index in [1.165, 1.54) is 12.1 Å². The van der Waals surface area contributed by atoms with Crippen LogP contribution in [0.1, 0.15) is 5.56 Å². The van der Waals surface area contributed by atoms with E-state index in [4.69, 9.17) is 15.0 Å². The summed E-state index contributed by atoms with van der Waals surface area (Å²) in [4.78, 5) is 15.4. The number of hydrogen-bond donors (Lipinski definition) is 0. The fourth-order valence-corrected chi connectivity index (χ4v) is 10.4. The number of nitrogens with zero attached hydrogens (tertiary/aromatic N) is 5. The lowest BCUT2D eigenvalue weighted by atomic mass is 9.90. The molecular weight excluding hydrogens is 896 g/mol. The molecule has 0 saturated heterocycles. The SMILES string of the molecule is FC(F)(F)c1cccc(-n2c3ccccc3c3cc(-c4ccccc4)ccc32)c1-c1c(-c2nc(-c3ccccc3)nc(-c3ccccc3)n2)cccc1-n1c2ccccc2c2cc(-c3ccccc3)ccc21. The summed E-state index contributed by atoms with van der Waals surface area (Å²) in [5.41, 5.74) is 9.58. The molecule has 0 saturated carbocycles. The van der Waals surface area contributed by atoms with Gasteiger partial charge in [0.1, 0.15) is 0 Å². The highest BCUT2D eigenvalue weighted by atomic mass is 19.4. The van der Waals surface area contributed by atoms with E-state index in [0.717, 1.165) is 77.0 Å². The Morgan fingerprint density at radius 1 is 0.292 bits per heavy atom. The predicted octanol–water partition coefficient (Wildman–Crippen LogP) is 17.1. The van der Waals surface area contributed by atoms with Crippen LogP contribution in [0.4, 0.5) is 13.2 Å². The molecule has 3 aromatic heterocycles. The molecule has 0 atom stereocenters. The van der Waals surface area contributed by atoms with Crippen LogP contribution in [0.5, 0.6) is 0 Å². The molecule has 0 aliphatic carbocycles. The molecule has 0 aliphatic heterocycles. The summed E-state index contributed by atoms with van der Waals surface area (Å²) in [6.45, 7) is 0. The topological polar surface area (TPSA) is 48.5 Å². The number of alkyl halides is 3. The molecule has 0 fully saturated rings. The van der Waals surface area contributed by atoms with Gasteiger partial charge in [-0.3, -0.25) is 0 Å². The monoisotopic (exact) mass is 935 g/mol. The quantitative estimate of drug-likeness (QED) is 0.153. The lowest BCUT2D eigenvalue weighted by molar-refractivity contribution is -0.137. The van der Waals surface area contributed by atoms with E-state index in [1.54, 1.807) is 6.07 Å². The van der Waals surface area contributed by atoms with Gasteiger partial charge in [0.05, 0.1) is 39.0 Å². The van der Waals surface area contributed by atoms with Crippen molar-refractivity contribution >= 4 is 43.6 Å². The number of fused-ring (bicyclic) bond motifs is 6. The van der Waals surface area contributed by atoms with Gasteiger partial charge < -0.3 is 9.13 Å². The van der Waals surface area contributed by atoms with E-state index in [0.29, 0.717) is 34.2 Å². The van der Waals surface area contributed by atoms with Crippen molar-refractivity contribution in [3.63, 3.8) is 0 Å². The Balaban J connectivity index is 1.18. The normalized spacial score (nSPS) is 11.8. The zero-order valence-electron chi connectivity index (χ0n) is 38.5. The van der Waals surface area contributed by atoms with E-state index in [2.05, 4.69) is 59.2 Å². The summed E-state index contributed by atoms with van der Waals surface area (Å²) in [5.74, 6) is 1.01. The van der Waals surface area contributed by atoms with Crippen LogP contribution < -0.4 is 0 Å². The van der Waals surface area contributed by atoms with Gasteiger partial charge in [-0.25, -0.2) is 15.0 Å². The number of rotatable bonds is 8. The second kappa shape index (κ2) is 17.2. The molecule has 3 heterocycles. The molecule has 72 heavy (non-hydrogen) atoms. The van der Waals surface area contributed by atoms with E-state index in [-0.39, 0.29) is 11.4 Å². The first-order valence-corrected chi connectivity index (χ1v) is 23.8. The second-order valence-corrected chi connectivity index (χ2v) is 17.8. The molecule has 0 aliphatic rings. The van der Waals surface area contributed by atoms with Crippen molar-refractivity contribution in [1.82, 2.24) is 24.1 Å². The minimum Gasteiger partial charge on any atom is -0.309 e. The molecule has 0 N–H and O–H groups in total. The summed E-state index contributed by atoms with van der Waals surface area (Å²) >= 11 is 0. The lowest BCUT2D eigenvalue weighted by Crippen LogP contribution is -2.12. The molecule has 13 aromatic rings. The van der Waals surface area contributed by atoms with Crippen molar-refractivity contribution in [1.29, 1.82) is 0 Å². The van der Waals surface area contributed by atoms with Crippen molar-refractivity contribution in [2.24, 2.45) is 0 Å². The highest BCUT2D eigenvalue weighted by molar-refractivity contribution is 6.13. The average Bonchev–Trinajstić information content (AvgIpc) is 3.95. The molecule has 0 radical (unpaired) electrons. The number of para-hydroxylation sites is 2. The number of hydrogen-bond acceptors (Lipinski definition) is 3. The van der Waals surface area contributed by atoms with Gasteiger partial charge in [-0.15, -0.1) is 0 Å². The molecule has 342 valence electrons. The maximum atomic E-state index is 16.5. The Labute approximate surface area is 412 Å². The molecule has 13 rings (SSSR count). The van der Waals surface area contributed by atoms with Crippen LogP contribution in [0.25, 0.3) is 123 Å². The van der Waals surface area contributed by atoms with Crippen molar-refractivity contribution in [3.05, 3.63) is 248 Å².